The van der Waals surface area contributed by atoms with E-state index < -0.39 is 0 Å². The van der Waals surface area contributed by atoms with Crippen LogP contribution in [0.3, 0.4) is 0 Å². The van der Waals surface area contributed by atoms with Crippen molar-refractivity contribution in [3.63, 3.8) is 0 Å². The van der Waals surface area contributed by atoms with E-state index >= 15 is 0 Å². The first kappa shape index (κ1) is 25.7. The second-order valence-electron chi connectivity index (χ2n) is 8.13. The van der Waals surface area contributed by atoms with Gasteiger partial charge in [0.25, 0.3) is 0 Å². The molecule has 1 aromatic carbocycles. The summed E-state index contributed by atoms with van der Waals surface area (Å²) < 4.78 is 5.84. The van der Waals surface area contributed by atoms with Gasteiger partial charge in [0.15, 0.2) is 5.11 Å². The summed E-state index contributed by atoms with van der Waals surface area (Å²) in [6.45, 7) is 5.29. The zero-order valence-electron chi connectivity index (χ0n) is 18.9. The average Bonchev–Trinajstić information content (AvgIpc) is 3.26. The highest BCUT2D eigenvalue weighted by molar-refractivity contribution is 7.80. The average molecular weight is 509 g/mol. The largest absolute Gasteiger partial charge is 0.493 e. The van der Waals surface area contributed by atoms with Gasteiger partial charge in [0, 0.05) is 47.0 Å². The third-order valence-corrected chi connectivity index (χ3v) is 6.74. The van der Waals surface area contributed by atoms with Gasteiger partial charge in [0.2, 0.25) is 5.91 Å². The number of carbonyl (C=O) groups excluding carboxylic acids is 1. The van der Waals surface area contributed by atoms with Crippen LogP contribution in [0.25, 0.3) is 0 Å². The van der Waals surface area contributed by atoms with Crippen molar-refractivity contribution >= 4 is 51.9 Å². The van der Waals surface area contributed by atoms with Crippen LogP contribution in [-0.2, 0) is 11.3 Å². The molecule has 2 aromatic rings. The molecular formula is C24H33ClN4O2S2. The molecule has 0 radical (unpaired) electrons. The number of nitrogens with zero attached hydrogens (tertiary/aromatic N) is 1. The Kier molecular flexibility index (Phi) is 11.2. The van der Waals surface area contributed by atoms with Crippen LogP contribution < -0.4 is 20.7 Å². The maximum absolute atomic E-state index is 12.0. The number of piperidine rings is 1. The molecule has 1 aromatic heterocycles. The topological polar surface area (TPSA) is 65.6 Å². The number of halogens is 1. The van der Waals surface area contributed by atoms with Gasteiger partial charge in [-0.15, -0.1) is 11.3 Å². The van der Waals surface area contributed by atoms with Crippen LogP contribution in [0.1, 0.15) is 43.4 Å². The number of hydrogen-bond acceptors (Lipinski definition) is 5. The lowest BCUT2D eigenvalue weighted by Gasteiger charge is -2.25. The van der Waals surface area contributed by atoms with Crippen LogP contribution in [0, 0.1) is 0 Å². The maximum Gasteiger partial charge on any atom is 0.220 e. The summed E-state index contributed by atoms with van der Waals surface area (Å²) in [5, 5.41) is 12.4. The predicted molar refractivity (Wildman–Crippen MR) is 141 cm³/mol. The Bertz CT molecular complexity index is 870. The highest BCUT2D eigenvalue weighted by atomic mass is 35.5. The van der Waals surface area contributed by atoms with E-state index in [4.69, 9.17) is 28.6 Å². The highest BCUT2D eigenvalue weighted by Gasteiger charge is 2.12. The van der Waals surface area contributed by atoms with Crippen LogP contribution >= 0.6 is 35.2 Å². The van der Waals surface area contributed by atoms with Crippen LogP contribution in [-0.4, -0.2) is 48.7 Å². The molecule has 33 heavy (non-hydrogen) atoms. The molecule has 0 bridgehead atoms. The summed E-state index contributed by atoms with van der Waals surface area (Å²) in [5.41, 5.74) is 0.873. The third kappa shape index (κ3) is 10.3. The van der Waals surface area contributed by atoms with Crippen molar-refractivity contribution in [2.75, 3.05) is 38.1 Å². The normalized spacial score (nSPS) is 14.0. The van der Waals surface area contributed by atoms with Crippen molar-refractivity contribution in [3.8, 4) is 5.75 Å². The van der Waals surface area contributed by atoms with Crippen LogP contribution in [0.15, 0.2) is 35.7 Å². The molecular weight excluding hydrogens is 476 g/mol. The molecule has 0 spiro atoms. The minimum Gasteiger partial charge on any atom is -0.493 e. The molecule has 1 amide bonds. The molecule has 0 atom stereocenters. The highest BCUT2D eigenvalue weighted by Crippen LogP contribution is 2.24. The predicted octanol–water partition coefficient (Wildman–Crippen LogP) is 5.04. The molecule has 0 unspecified atom stereocenters. The Balaban J connectivity index is 1.18. The lowest BCUT2D eigenvalue weighted by Crippen LogP contribution is -2.31. The van der Waals surface area contributed by atoms with Crippen LogP contribution in [0.2, 0.25) is 5.02 Å². The van der Waals surface area contributed by atoms with Crippen LogP contribution in [0.4, 0.5) is 5.69 Å². The van der Waals surface area contributed by atoms with Crippen molar-refractivity contribution in [2.24, 2.45) is 0 Å². The van der Waals surface area contributed by atoms with E-state index in [9.17, 15) is 4.79 Å². The van der Waals surface area contributed by atoms with E-state index in [2.05, 4.69) is 32.3 Å². The van der Waals surface area contributed by atoms with Gasteiger partial charge in [-0.1, -0.05) is 18.0 Å². The van der Waals surface area contributed by atoms with Gasteiger partial charge in [0.05, 0.1) is 6.61 Å². The molecule has 0 saturated carbocycles. The van der Waals surface area contributed by atoms with E-state index in [0.29, 0.717) is 42.7 Å². The molecule has 6 nitrogen and oxygen atoms in total. The quantitative estimate of drug-likeness (QED) is 0.276. The second-order valence-corrected chi connectivity index (χ2v) is 9.97. The molecule has 1 saturated heterocycles. The number of likely N-dealkylation sites (tertiary alicyclic amines) is 1. The lowest BCUT2D eigenvalue weighted by atomic mass is 10.1. The summed E-state index contributed by atoms with van der Waals surface area (Å²) in [6, 6.07) is 9.48. The Morgan fingerprint density at radius 2 is 1.85 bits per heavy atom. The second kappa shape index (κ2) is 14.4. The van der Waals surface area contributed by atoms with E-state index in [1.807, 2.05) is 12.1 Å². The number of benzene rings is 1. The first-order valence-corrected chi connectivity index (χ1v) is 13.2. The molecule has 180 valence electrons. The van der Waals surface area contributed by atoms with Crippen molar-refractivity contribution < 1.29 is 9.53 Å². The fourth-order valence-corrected chi connectivity index (χ4v) is 4.79. The molecule has 0 aliphatic carbocycles. The SMILES string of the molecule is O=C(CCCNC(=S)Nc1ccc(Cl)cc1)NCCCOc1csc(CN2CCCCC2)c1. The van der Waals surface area contributed by atoms with Gasteiger partial charge in [-0.25, -0.2) is 0 Å². The number of ether oxygens (including phenoxy) is 1. The van der Waals surface area contributed by atoms with Gasteiger partial charge >= 0.3 is 0 Å². The first-order valence-electron chi connectivity index (χ1n) is 11.6. The molecule has 3 rings (SSSR count). The Morgan fingerprint density at radius 3 is 2.64 bits per heavy atom. The number of hydrogen-bond donors (Lipinski definition) is 3. The summed E-state index contributed by atoms with van der Waals surface area (Å²) in [6.07, 6.45) is 5.94. The minimum absolute atomic E-state index is 0.0488. The monoisotopic (exact) mass is 508 g/mol. The first-order chi connectivity index (χ1) is 16.1. The zero-order chi connectivity index (χ0) is 23.3. The number of thiocarbonyl (C=S) groups is 1. The summed E-state index contributed by atoms with van der Waals surface area (Å²) in [5.74, 6) is 0.986. The standard InChI is InChI=1S/C24H33ClN4O2S2/c25-19-7-9-20(10-8-19)28-24(32)27-11-4-6-23(30)26-12-5-15-31-21-16-22(33-18-21)17-29-13-2-1-3-14-29/h7-10,16,18H,1-6,11-15,17H2,(H,26,30)(H2,27,28,32). The Morgan fingerprint density at radius 1 is 1.09 bits per heavy atom. The van der Waals surface area contributed by atoms with Gasteiger partial charge in [-0.3, -0.25) is 9.69 Å². The van der Waals surface area contributed by atoms with E-state index in [1.54, 1.807) is 23.5 Å². The maximum atomic E-state index is 12.0. The van der Waals surface area contributed by atoms with Gasteiger partial charge < -0.3 is 20.7 Å². The van der Waals surface area contributed by atoms with Crippen molar-refractivity contribution in [1.29, 1.82) is 0 Å². The number of carbonyl (C=O) groups is 1. The van der Waals surface area contributed by atoms with E-state index in [-0.39, 0.29) is 5.91 Å². The summed E-state index contributed by atoms with van der Waals surface area (Å²) in [4.78, 5) is 15.9. The molecule has 1 aliphatic heterocycles. The fraction of sp³-hybridized carbons (Fsp3) is 0.500. The third-order valence-electron chi connectivity index (χ3n) is 5.34. The molecule has 9 heteroatoms. The molecule has 2 heterocycles. The van der Waals surface area contributed by atoms with Gasteiger partial charge in [-0.05, 0) is 81.3 Å². The van der Waals surface area contributed by atoms with E-state index in [1.165, 1.54) is 37.2 Å². The minimum atomic E-state index is 0.0488. The smallest absolute Gasteiger partial charge is 0.220 e. The van der Waals surface area contributed by atoms with Gasteiger partial charge in [-0.2, -0.15) is 0 Å². The zero-order valence-corrected chi connectivity index (χ0v) is 21.3. The Hall–Kier alpha value is -1.87. The number of anilines is 1. The number of rotatable bonds is 12. The van der Waals surface area contributed by atoms with Gasteiger partial charge in [0.1, 0.15) is 5.75 Å². The molecule has 3 N–H and O–H groups in total. The molecule has 1 fully saturated rings. The summed E-state index contributed by atoms with van der Waals surface area (Å²) >= 11 is 12.9. The van der Waals surface area contributed by atoms with Crippen molar-refractivity contribution in [3.05, 3.63) is 45.6 Å². The number of nitrogens with one attached hydrogen (secondary N) is 3. The Labute approximate surface area is 211 Å². The molecule has 1 aliphatic rings. The summed E-state index contributed by atoms with van der Waals surface area (Å²) in [7, 11) is 0. The van der Waals surface area contributed by atoms with Crippen molar-refractivity contribution in [1.82, 2.24) is 15.5 Å². The van der Waals surface area contributed by atoms with Crippen LogP contribution in [0.5, 0.6) is 5.75 Å². The number of amides is 1. The van der Waals surface area contributed by atoms with E-state index in [0.717, 1.165) is 24.4 Å². The number of thiophene rings is 1. The fourth-order valence-electron chi connectivity index (χ4n) is 3.59. The lowest BCUT2D eigenvalue weighted by molar-refractivity contribution is -0.121. The van der Waals surface area contributed by atoms with Crippen molar-refractivity contribution in [2.45, 2.75) is 45.1 Å².